The molecular weight excluding hydrogens is 230 g/mol. The molecule has 1 unspecified atom stereocenters. The molecule has 1 aliphatic rings. The lowest BCUT2D eigenvalue weighted by atomic mass is 9.88. The molecule has 0 aliphatic heterocycles. The Morgan fingerprint density at radius 3 is 2.58 bits per heavy atom. The zero-order valence-electron chi connectivity index (χ0n) is 12.7. The summed E-state index contributed by atoms with van der Waals surface area (Å²) in [6.07, 6.45) is 12.0. The van der Waals surface area contributed by atoms with E-state index in [1.54, 1.807) is 11.1 Å². The van der Waals surface area contributed by atoms with Crippen LogP contribution >= 0.6 is 0 Å². The van der Waals surface area contributed by atoms with Gasteiger partial charge < -0.3 is 5.32 Å². The normalized spacial score (nSPS) is 16.1. The van der Waals surface area contributed by atoms with Crippen LogP contribution in [0.1, 0.15) is 74.6 Å². The molecule has 2 rings (SSSR count). The molecule has 1 aromatic carbocycles. The first-order valence-electron chi connectivity index (χ1n) is 8.14. The Morgan fingerprint density at radius 1 is 1.05 bits per heavy atom. The summed E-state index contributed by atoms with van der Waals surface area (Å²) in [5, 5.41) is 3.50. The van der Waals surface area contributed by atoms with Gasteiger partial charge in [0, 0.05) is 6.04 Å². The van der Waals surface area contributed by atoms with Gasteiger partial charge in [0.25, 0.3) is 0 Å². The van der Waals surface area contributed by atoms with E-state index in [9.17, 15) is 0 Å². The van der Waals surface area contributed by atoms with Crippen molar-refractivity contribution >= 4 is 0 Å². The summed E-state index contributed by atoms with van der Waals surface area (Å²) < 4.78 is 0. The molecule has 0 heterocycles. The Morgan fingerprint density at radius 2 is 1.84 bits per heavy atom. The van der Waals surface area contributed by atoms with Gasteiger partial charge >= 0.3 is 0 Å². The molecular formula is C18H29N. The number of rotatable bonds is 7. The van der Waals surface area contributed by atoms with E-state index in [1.807, 2.05) is 0 Å². The molecule has 1 aromatic rings. The Kier molecular flexibility index (Phi) is 5.91. The van der Waals surface area contributed by atoms with Crippen LogP contribution in [0.2, 0.25) is 0 Å². The van der Waals surface area contributed by atoms with Crippen LogP contribution in [0.5, 0.6) is 0 Å². The number of hydrogen-bond acceptors (Lipinski definition) is 1. The molecule has 0 radical (unpaired) electrons. The van der Waals surface area contributed by atoms with Gasteiger partial charge in [0.2, 0.25) is 0 Å². The van der Waals surface area contributed by atoms with E-state index in [0.717, 1.165) is 0 Å². The minimum absolute atomic E-state index is 0.545. The average Bonchev–Trinajstić information content (AvgIpc) is 2.47. The van der Waals surface area contributed by atoms with Gasteiger partial charge in [-0.2, -0.15) is 0 Å². The van der Waals surface area contributed by atoms with Gasteiger partial charge in [0.05, 0.1) is 0 Å². The van der Waals surface area contributed by atoms with E-state index in [4.69, 9.17) is 0 Å². The van der Waals surface area contributed by atoms with Crippen molar-refractivity contribution in [3.8, 4) is 0 Å². The minimum Gasteiger partial charge on any atom is -0.313 e. The fourth-order valence-electron chi connectivity index (χ4n) is 3.22. The number of benzene rings is 1. The van der Waals surface area contributed by atoms with Gasteiger partial charge in [-0.15, -0.1) is 0 Å². The largest absolute Gasteiger partial charge is 0.313 e. The second-order valence-corrected chi connectivity index (χ2v) is 5.93. The first-order chi connectivity index (χ1) is 9.35. The van der Waals surface area contributed by atoms with Gasteiger partial charge in [0.15, 0.2) is 0 Å². The lowest BCUT2D eigenvalue weighted by Gasteiger charge is -2.21. The number of fused-ring (bicyclic) bond motifs is 1. The van der Waals surface area contributed by atoms with Crippen molar-refractivity contribution in [2.24, 2.45) is 0 Å². The second kappa shape index (κ2) is 7.69. The van der Waals surface area contributed by atoms with E-state index < -0.39 is 0 Å². The lowest BCUT2D eigenvalue weighted by Crippen LogP contribution is -2.17. The summed E-state index contributed by atoms with van der Waals surface area (Å²) in [6, 6.07) is 7.74. The minimum atomic E-state index is 0.545. The van der Waals surface area contributed by atoms with Crippen molar-refractivity contribution < 1.29 is 0 Å². The molecule has 0 spiro atoms. The molecule has 106 valence electrons. The molecule has 0 bridgehead atoms. The van der Waals surface area contributed by atoms with Crippen LogP contribution in [0.25, 0.3) is 0 Å². The van der Waals surface area contributed by atoms with Gasteiger partial charge in [-0.25, -0.2) is 0 Å². The van der Waals surface area contributed by atoms with Gasteiger partial charge in [-0.3, -0.25) is 0 Å². The smallest absolute Gasteiger partial charge is 0.0317 e. The number of aryl methyl sites for hydroxylation is 2. The summed E-state index contributed by atoms with van der Waals surface area (Å²) in [5.41, 5.74) is 4.70. The van der Waals surface area contributed by atoms with Crippen molar-refractivity contribution in [2.75, 3.05) is 7.05 Å². The SMILES string of the molecule is CCCCCCC(NC)c1ccc2c(c1)CCCC2. The van der Waals surface area contributed by atoms with Gasteiger partial charge in [-0.05, 0) is 55.8 Å². The van der Waals surface area contributed by atoms with Crippen LogP contribution in [0, 0.1) is 0 Å². The molecule has 0 amide bonds. The van der Waals surface area contributed by atoms with E-state index in [2.05, 4.69) is 37.5 Å². The number of nitrogens with one attached hydrogen (secondary N) is 1. The number of unbranched alkanes of at least 4 members (excludes halogenated alkanes) is 3. The molecule has 19 heavy (non-hydrogen) atoms. The zero-order chi connectivity index (χ0) is 13.5. The highest BCUT2D eigenvalue weighted by Crippen LogP contribution is 2.26. The topological polar surface area (TPSA) is 12.0 Å². The fraction of sp³-hybridized carbons (Fsp3) is 0.667. The monoisotopic (exact) mass is 259 g/mol. The predicted molar refractivity (Wildman–Crippen MR) is 83.6 cm³/mol. The van der Waals surface area contributed by atoms with E-state index in [0.29, 0.717) is 6.04 Å². The summed E-state index contributed by atoms with van der Waals surface area (Å²) in [4.78, 5) is 0. The Balaban J connectivity index is 1.97. The van der Waals surface area contributed by atoms with E-state index >= 15 is 0 Å². The molecule has 1 heteroatoms. The first kappa shape index (κ1) is 14.6. The highest BCUT2D eigenvalue weighted by atomic mass is 14.9. The van der Waals surface area contributed by atoms with Crippen molar-refractivity contribution in [3.63, 3.8) is 0 Å². The average molecular weight is 259 g/mol. The quantitative estimate of drug-likeness (QED) is 0.694. The Labute approximate surface area is 118 Å². The molecule has 0 fully saturated rings. The van der Waals surface area contributed by atoms with Gasteiger partial charge in [-0.1, -0.05) is 50.8 Å². The van der Waals surface area contributed by atoms with Crippen molar-refractivity contribution in [3.05, 3.63) is 34.9 Å². The van der Waals surface area contributed by atoms with E-state index in [1.165, 1.54) is 63.4 Å². The maximum absolute atomic E-state index is 3.50. The molecule has 0 saturated heterocycles. The van der Waals surface area contributed by atoms with Crippen LogP contribution < -0.4 is 5.32 Å². The lowest BCUT2D eigenvalue weighted by molar-refractivity contribution is 0.504. The third-order valence-corrected chi connectivity index (χ3v) is 4.47. The van der Waals surface area contributed by atoms with Crippen LogP contribution in [-0.2, 0) is 12.8 Å². The van der Waals surface area contributed by atoms with Gasteiger partial charge in [0.1, 0.15) is 0 Å². The van der Waals surface area contributed by atoms with E-state index in [-0.39, 0.29) is 0 Å². The summed E-state index contributed by atoms with van der Waals surface area (Å²) >= 11 is 0. The second-order valence-electron chi connectivity index (χ2n) is 5.93. The molecule has 1 atom stereocenters. The molecule has 0 saturated carbocycles. The summed E-state index contributed by atoms with van der Waals surface area (Å²) in [5.74, 6) is 0. The predicted octanol–water partition coefficient (Wildman–Crippen LogP) is 4.80. The molecule has 0 aromatic heterocycles. The summed E-state index contributed by atoms with van der Waals surface area (Å²) in [7, 11) is 2.10. The van der Waals surface area contributed by atoms with Crippen LogP contribution in [0.3, 0.4) is 0 Å². The molecule has 1 nitrogen and oxygen atoms in total. The van der Waals surface area contributed by atoms with Crippen molar-refractivity contribution in [1.82, 2.24) is 5.32 Å². The fourth-order valence-corrected chi connectivity index (χ4v) is 3.22. The third-order valence-electron chi connectivity index (χ3n) is 4.47. The van der Waals surface area contributed by atoms with Crippen LogP contribution in [0.4, 0.5) is 0 Å². The maximum atomic E-state index is 3.50. The zero-order valence-corrected chi connectivity index (χ0v) is 12.7. The third kappa shape index (κ3) is 4.07. The number of hydrogen-bond donors (Lipinski definition) is 1. The van der Waals surface area contributed by atoms with Crippen molar-refractivity contribution in [1.29, 1.82) is 0 Å². The summed E-state index contributed by atoms with van der Waals surface area (Å²) in [6.45, 7) is 2.28. The van der Waals surface area contributed by atoms with Crippen molar-refractivity contribution in [2.45, 2.75) is 70.8 Å². The maximum Gasteiger partial charge on any atom is 0.0317 e. The molecule has 1 aliphatic carbocycles. The van der Waals surface area contributed by atoms with Crippen LogP contribution in [0.15, 0.2) is 18.2 Å². The molecule has 1 N–H and O–H groups in total. The standard InChI is InChI=1S/C18H29N/c1-3-4-5-6-11-18(19-2)17-13-12-15-9-7-8-10-16(15)14-17/h12-14,18-19H,3-11H2,1-2H3. The highest BCUT2D eigenvalue weighted by Gasteiger charge is 2.13. The Bertz CT molecular complexity index is 383. The van der Waals surface area contributed by atoms with Crippen LogP contribution in [-0.4, -0.2) is 7.05 Å². The highest BCUT2D eigenvalue weighted by molar-refractivity contribution is 5.35. The Hall–Kier alpha value is -0.820. The first-order valence-corrected chi connectivity index (χ1v) is 8.14.